The highest BCUT2D eigenvalue weighted by atomic mass is 32.2. The van der Waals surface area contributed by atoms with Crippen molar-refractivity contribution in [1.82, 2.24) is 10.2 Å². The maximum absolute atomic E-state index is 13.2. The van der Waals surface area contributed by atoms with Gasteiger partial charge >= 0.3 is 0 Å². The van der Waals surface area contributed by atoms with Crippen molar-refractivity contribution in [3.8, 4) is 5.75 Å². The van der Waals surface area contributed by atoms with Gasteiger partial charge in [0.1, 0.15) is 11.8 Å². The van der Waals surface area contributed by atoms with Crippen molar-refractivity contribution in [2.75, 3.05) is 19.4 Å². The van der Waals surface area contributed by atoms with E-state index in [1.807, 2.05) is 38.1 Å². The van der Waals surface area contributed by atoms with Gasteiger partial charge in [-0.3, -0.25) is 9.59 Å². The predicted octanol–water partition coefficient (Wildman–Crippen LogP) is 4.57. The molecule has 0 fully saturated rings. The second kappa shape index (κ2) is 13.1. The molecule has 1 atom stereocenters. The molecule has 0 aliphatic heterocycles. The molecule has 0 aliphatic rings. The van der Waals surface area contributed by atoms with Gasteiger partial charge in [0.2, 0.25) is 11.8 Å². The van der Waals surface area contributed by atoms with Crippen molar-refractivity contribution in [2.24, 2.45) is 0 Å². The third-order valence-electron chi connectivity index (χ3n) is 5.04. The largest absolute Gasteiger partial charge is 0.497 e. The molecule has 0 saturated heterocycles. The van der Waals surface area contributed by atoms with Gasteiger partial charge in [-0.2, -0.15) is 0 Å². The summed E-state index contributed by atoms with van der Waals surface area (Å²) in [7, 11) is 1.62. The van der Waals surface area contributed by atoms with Crippen LogP contribution in [0.15, 0.2) is 48.5 Å². The molecule has 0 unspecified atom stereocenters. The lowest BCUT2D eigenvalue weighted by Crippen LogP contribution is -2.49. The molecule has 0 heterocycles. The fraction of sp³-hybridized carbons (Fsp3) is 0.440. The fourth-order valence-corrected chi connectivity index (χ4v) is 4.15. The number of ether oxygens (including phenoxy) is 1. The van der Waals surface area contributed by atoms with Crippen LogP contribution in [0, 0.1) is 6.92 Å². The van der Waals surface area contributed by atoms with Gasteiger partial charge in [0.15, 0.2) is 0 Å². The van der Waals surface area contributed by atoms with Crippen LogP contribution in [0.25, 0.3) is 0 Å². The van der Waals surface area contributed by atoms with Crippen molar-refractivity contribution >= 4 is 23.6 Å². The average Bonchev–Trinajstić information content (AvgIpc) is 2.78. The summed E-state index contributed by atoms with van der Waals surface area (Å²) >= 11 is 1.58. The lowest BCUT2D eigenvalue weighted by molar-refractivity contribution is -0.139. The number of thioether (sulfide) groups is 1. The third kappa shape index (κ3) is 7.94. The Balaban J connectivity index is 2.12. The van der Waals surface area contributed by atoms with E-state index < -0.39 is 6.04 Å². The molecule has 2 aromatic carbocycles. The van der Waals surface area contributed by atoms with Gasteiger partial charge in [-0.25, -0.2) is 0 Å². The topological polar surface area (TPSA) is 58.6 Å². The zero-order valence-corrected chi connectivity index (χ0v) is 19.8. The highest BCUT2D eigenvalue weighted by molar-refractivity contribution is 7.99. The van der Waals surface area contributed by atoms with Gasteiger partial charge in [-0.05, 0) is 43.0 Å². The van der Waals surface area contributed by atoms with Crippen LogP contribution in [0.2, 0.25) is 0 Å². The summed E-state index contributed by atoms with van der Waals surface area (Å²) in [4.78, 5) is 27.7. The van der Waals surface area contributed by atoms with Crippen LogP contribution < -0.4 is 10.1 Å². The number of rotatable bonds is 12. The quantitative estimate of drug-likeness (QED) is 0.523. The molecule has 0 radical (unpaired) electrons. The Kier molecular flexibility index (Phi) is 10.4. The number of nitrogens with zero attached hydrogens (tertiary/aromatic N) is 1. The van der Waals surface area contributed by atoms with E-state index in [4.69, 9.17) is 4.74 Å². The monoisotopic (exact) mass is 442 g/mol. The molecular weight excluding hydrogens is 408 g/mol. The SMILES string of the molecule is CCCNC(=O)[C@H](CC)N(Cc1cccc(OC)c1)C(=O)CSCc1ccc(C)cc1. The molecule has 5 nitrogen and oxygen atoms in total. The number of carbonyl (C=O) groups is 2. The van der Waals surface area contributed by atoms with Crippen molar-refractivity contribution < 1.29 is 14.3 Å². The molecule has 1 N–H and O–H groups in total. The Bertz CT molecular complexity index is 839. The first-order valence-corrected chi connectivity index (χ1v) is 12.0. The van der Waals surface area contributed by atoms with Gasteiger partial charge in [0.25, 0.3) is 0 Å². The first-order chi connectivity index (χ1) is 15.0. The second-order valence-corrected chi connectivity index (χ2v) is 8.55. The number of methoxy groups -OCH3 is 1. The van der Waals surface area contributed by atoms with Crippen molar-refractivity contribution in [3.05, 3.63) is 65.2 Å². The van der Waals surface area contributed by atoms with Crippen LogP contribution in [0.5, 0.6) is 5.75 Å². The molecule has 6 heteroatoms. The molecule has 0 aliphatic carbocycles. The molecule has 0 aromatic heterocycles. The summed E-state index contributed by atoms with van der Waals surface area (Å²) < 4.78 is 5.32. The van der Waals surface area contributed by atoms with Crippen LogP contribution >= 0.6 is 11.8 Å². The van der Waals surface area contributed by atoms with Crippen molar-refractivity contribution in [3.63, 3.8) is 0 Å². The molecule has 2 amide bonds. The Morgan fingerprint density at radius 3 is 2.48 bits per heavy atom. The zero-order valence-electron chi connectivity index (χ0n) is 19.0. The van der Waals surface area contributed by atoms with Crippen LogP contribution in [0.3, 0.4) is 0 Å². The average molecular weight is 443 g/mol. The summed E-state index contributed by atoms with van der Waals surface area (Å²) in [5.74, 6) is 1.71. The lowest BCUT2D eigenvalue weighted by Gasteiger charge is -2.30. The summed E-state index contributed by atoms with van der Waals surface area (Å²) in [6.07, 6.45) is 1.42. The van der Waals surface area contributed by atoms with E-state index in [0.717, 1.165) is 23.5 Å². The highest BCUT2D eigenvalue weighted by Gasteiger charge is 2.28. The lowest BCUT2D eigenvalue weighted by atomic mass is 10.1. The van der Waals surface area contributed by atoms with Gasteiger partial charge in [0, 0.05) is 18.8 Å². The van der Waals surface area contributed by atoms with E-state index in [2.05, 4.69) is 36.5 Å². The summed E-state index contributed by atoms with van der Waals surface area (Å²) in [6.45, 7) is 7.01. The Labute approximate surface area is 190 Å². The van der Waals surface area contributed by atoms with E-state index in [1.165, 1.54) is 11.1 Å². The number of amides is 2. The minimum Gasteiger partial charge on any atom is -0.497 e. The molecule has 0 bridgehead atoms. The summed E-state index contributed by atoms with van der Waals surface area (Å²) in [5, 5.41) is 2.95. The Morgan fingerprint density at radius 2 is 1.84 bits per heavy atom. The zero-order chi connectivity index (χ0) is 22.6. The van der Waals surface area contributed by atoms with Gasteiger partial charge < -0.3 is 15.0 Å². The molecule has 168 valence electrons. The first-order valence-electron chi connectivity index (χ1n) is 10.8. The molecule has 0 saturated carbocycles. The maximum Gasteiger partial charge on any atom is 0.242 e. The van der Waals surface area contributed by atoms with Gasteiger partial charge in [-0.1, -0.05) is 55.8 Å². The van der Waals surface area contributed by atoms with E-state index in [9.17, 15) is 9.59 Å². The van der Waals surface area contributed by atoms with Crippen LogP contribution in [0.4, 0.5) is 0 Å². The molecule has 0 spiro atoms. The van der Waals surface area contributed by atoms with Gasteiger partial charge in [-0.15, -0.1) is 11.8 Å². The van der Waals surface area contributed by atoms with E-state index in [-0.39, 0.29) is 11.8 Å². The van der Waals surface area contributed by atoms with E-state index in [0.29, 0.717) is 25.3 Å². The predicted molar refractivity (Wildman–Crippen MR) is 128 cm³/mol. The van der Waals surface area contributed by atoms with Crippen LogP contribution in [-0.4, -0.2) is 42.2 Å². The summed E-state index contributed by atoms with van der Waals surface area (Å²) in [5.41, 5.74) is 3.35. The molecule has 31 heavy (non-hydrogen) atoms. The minimum absolute atomic E-state index is 0.0292. The van der Waals surface area contributed by atoms with Gasteiger partial charge in [0.05, 0.1) is 12.9 Å². The number of hydrogen-bond donors (Lipinski definition) is 1. The second-order valence-electron chi connectivity index (χ2n) is 7.57. The van der Waals surface area contributed by atoms with Crippen molar-refractivity contribution in [2.45, 2.75) is 52.0 Å². The maximum atomic E-state index is 13.2. The number of aryl methyl sites for hydroxylation is 1. The minimum atomic E-state index is -0.495. The number of carbonyl (C=O) groups excluding carboxylic acids is 2. The number of nitrogens with one attached hydrogen (secondary N) is 1. The molecular formula is C25H34N2O3S. The van der Waals surface area contributed by atoms with E-state index in [1.54, 1.807) is 23.8 Å². The summed E-state index contributed by atoms with van der Waals surface area (Å²) in [6, 6.07) is 15.5. The standard InChI is InChI=1S/C25H34N2O3S/c1-5-14-26-25(29)23(6-2)27(16-21-8-7-9-22(15-21)30-4)24(28)18-31-17-20-12-10-19(3)11-13-20/h7-13,15,23H,5-6,14,16-18H2,1-4H3,(H,26,29)/t23-/m0/s1. The highest BCUT2D eigenvalue weighted by Crippen LogP contribution is 2.20. The van der Waals surface area contributed by atoms with Crippen LogP contribution in [-0.2, 0) is 21.9 Å². The third-order valence-corrected chi connectivity index (χ3v) is 6.03. The van der Waals surface area contributed by atoms with E-state index >= 15 is 0 Å². The molecule has 2 rings (SSSR count). The Morgan fingerprint density at radius 1 is 1.10 bits per heavy atom. The normalized spacial score (nSPS) is 11.6. The fourth-order valence-electron chi connectivity index (χ4n) is 3.28. The number of benzene rings is 2. The Hall–Kier alpha value is -2.47. The first kappa shape index (κ1) is 24.8. The number of hydrogen-bond acceptors (Lipinski definition) is 4. The van der Waals surface area contributed by atoms with Crippen molar-refractivity contribution in [1.29, 1.82) is 0 Å². The smallest absolute Gasteiger partial charge is 0.242 e. The molecule has 2 aromatic rings. The van der Waals surface area contributed by atoms with Crippen LogP contribution in [0.1, 0.15) is 43.4 Å².